The van der Waals surface area contributed by atoms with E-state index in [2.05, 4.69) is 20.1 Å². The highest BCUT2D eigenvalue weighted by atomic mass is 33.1. The van der Waals surface area contributed by atoms with Crippen molar-refractivity contribution < 1.29 is 38.9 Å². The summed E-state index contributed by atoms with van der Waals surface area (Å²) in [5.74, 6) is -2.50. The number of carboxylic acids is 2. The highest BCUT2D eigenvalue weighted by Gasteiger charge is 2.23. The lowest BCUT2D eigenvalue weighted by Gasteiger charge is -2.15. The van der Waals surface area contributed by atoms with Crippen molar-refractivity contribution in [2.75, 3.05) is 24.7 Å². The van der Waals surface area contributed by atoms with E-state index in [4.69, 9.17) is 10.2 Å². The highest BCUT2D eigenvalue weighted by Crippen LogP contribution is 2.23. The van der Waals surface area contributed by atoms with Crippen molar-refractivity contribution in [3.63, 3.8) is 0 Å². The first-order chi connectivity index (χ1) is 11.3. The van der Waals surface area contributed by atoms with Gasteiger partial charge in [-0.3, -0.25) is 0 Å². The molecule has 12 heteroatoms. The zero-order valence-corrected chi connectivity index (χ0v) is 14.8. The number of ether oxygens (including phenoxy) is 2. The Morgan fingerprint density at radius 2 is 1.17 bits per heavy atom. The van der Waals surface area contributed by atoms with Crippen LogP contribution < -0.4 is 10.6 Å². The van der Waals surface area contributed by atoms with Crippen LogP contribution in [0.3, 0.4) is 0 Å². The minimum absolute atomic E-state index is 0.00937. The molecular weight excluding hydrogens is 364 g/mol. The quantitative estimate of drug-likeness (QED) is 0.297. The fourth-order valence-corrected chi connectivity index (χ4v) is 3.52. The van der Waals surface area contributed by atoms with Crippen molar-refractivity contribution in [1.82, 2.24) is 10.6 Å². The van der Waals surface area contributed by atoms with Gasteiger partial charge in [0, 0.05) is 11.5 Å². The minimum atomic E-state index is -1.24. The van der Waals surface area contributed by atoms with E-state index in [-0.39, 0.29) is 24.7 Å². The summed E-state index contributed by atoms with van der Waals surface area (Å²) in [6.07, 6.45) is -1.69. The van der Waals surface area contributed by atoms with Crippen LogP contribution in [0.2, 0.25) is 0 Å². The van der Waals surface area contributed by atoms with Gasteiger partial charge in [-0.2, -0.15) is 0 Å². The molecule has 0 saturated heterocycles. The summed E-state index contributed by atoms with van der Waals surface area (Å²) in [5, 5.41) is 22.4. The normalized spacial score (nSPS) is 12.6. The number of aliphatic carboxylic acids is 2. The van der Waals surface area contributed by atoms with Gasteiger partial charge < -0.3 is 30.3 Å². The van der Waals surface area contributed by atoms with Gasteiger partial charge in [0.2, 0.25) is 0 Å². The molecule has 0 saturated carbocycles. The van der Waals surface area contributed by atoms with E-state index in [1.165, 1.54) is 0 Å². The Morgan fingerprint density at radius 3 is 1.42 bits per heavy atom. The van der Waals surface area contributed by atoms with Gasteiger partial charge in [0.1, 0.15) is 12.1 Å². The maximum atomic E-state index is 11.2. The number of hydrogen-bond donors (Lipinski definition) is 4. The van der Waals surface area contributed by atoms with Gasteiger partial charge in [-0.1, -0.05) is 21.6 Å². The molecular formula is C12H20N2O8S2. The average Bonchev–Trinajstić information content (AvgIpc) is 2.49. The molecule has 0 heterocycles. The van der Waals surface area contributed by atoms with Crippen LogP contribution in [-0.4, -0.2) is 71.1 Å². The maximum absolute atomic E-state index is 11.2. The molecule has 0 fully saturated rings. The van der Waals surface area contributed by atoms with Gasteiger partial charge in [-0.05, 0) is 13.8 Å². The molecule has 0 aromatic rings. The van der Waals surface area contributed by atoms with Crippen LogP contribution in [0.15, 0.2) is 0 Å². The Labute approximate surface area is 146 Å². The summed E-state index contributed by atoms with van der Waals surface area (Å²) in [7, 11) is 2.09. The van der Waals surface area contributed by atoms with Crippen molar-refractivity contribution in [3.05, 3.63) is 0 Å². The number of carbonyl (C=O) groups is 4. The first-order valence-electron chi connectivity index (χ1n) is 6.88. The van der Waals surface area contributed by atoms with E-state index in [0.29, 0.717) is 0 Å². The Morgan fingerprint density at radius 1 is 0.833 bits per heavy atom. The molecule has 0 aliphatic rings. The van der Waals surface area contributed by atoms with E-state index >= 15 is 0 Å². The predicted molar refractivity (Wildman–Crippen MR) is 88.1 cm³/mol. The summed E-state index contributed by atoms with van der Waals surface area (Å²) in [6.45, 7) is 3.39. The first-order valence-corrected chi connectivity index (χ1v) is 9.37. The fraction of sp³-hybridized carbons (Fsp3) is 0.667. The molecule has 0 bridgehead atoms. The van der Waals surface area contributed by atoms with Crippen molar-refractivity contribution in [3.8, 4) is 0 Å². The van der Waals surface area contributed by atoms with E-state index in [1.807, 2.05) is 0 Å². The number of rotatable bonds is 11. The topological polar surface area (TPSA) is 151 Å². The lowest BCUT2D eigenvalue weighted by Crippen LogP contribution is -2.43. The second-order valence-corrected chi connectivity index (χ2v) is 6.63. The van der Waals surface area contributed by atoms with Gasteiger partial charge in [-0.15, -0.1) is 0 Å². The lowest BCUT2D eigenvalue weighted by molar-refractivity contribution is -0.139. The smallest absolute Gasteiger partial charge is 0.407 e. The number of alkyl carbamates (subject to hydrolysis) is 2. The molecule has 0 aliphatic heterocycles. The molecule has 138 valence electrons. The number of nitrogens with one attached hydrogen (secondary N) is 2. The van der Waals surface area contributed by atoms with Crippen LogP contribution >= 0.6 is 21.6 Å². The second-order valence-electron chi connectivity index (χ2n) is 4.08. The summed E-state index contributed by atoms with van der Waals surface area (Å²) in [6, 6.07) is -2.36. The predicted octanol–water partition coefficient (Wildman–Crippen LogP) is 0.766. The number of amides is 2. The molecule has 0 unspecified atom stereocenters. The number of carbonyl (C=O) groups excluding carboxylic acids is 2. The number of carboxylic acid groups (broad SMARTS) is 2. The average molecular weight is 384 g/mol. The molecule has 10 nitrogen and oxygen atoms in total. The molecule has 0 radical (unpaired) electrons. The van der Waals surface area contributed by atoms with Gasteiger partial charge in [0.05, 0.1) is 13.2 Å². The third-order valence-corrected chi connectivity index (χ3v) is 4.71. The Kier molecular flexibility index (Phi) is 11.6. The van der Waals surface area contributed by atoms with E-state index in [0.717, 1.165) is 21.6 Å². The van der Waals surface area contributed by atoms with Crippen LogP contribution in [0.1, 0.15) is 13.8 Å². The fourth-order valence-electron chi connectivity index (χ4n) is 1.21. The van der Waals surface area contributed by atoms with E-state index < -0.39 is 36.2 Å². The standard InChI is InChI=1S/C12H20N2O8S2/c1-3-21-11(19)13-7(9(15)16)5-23-24-6-8(10(17)18)14-12(20)22-4-2/h7-8H,3-6H2,1-2H3,(H,13,19)(H,14,20)(H,15,16)(H,17,18)/t7-,8-/m0/s1. The van der Waals surface area contributed by atoms with Crippen molar-refractivity contribution in [1.29, 1.82) is 0 Å². The first kappa shape index (κ1) is 22.2. The molecule has 0 aromatic heterocycles. The van der Waals surface area contributed by atoms with Gasteiger partial charge in [-0.25, -0.2) is 19.2 Å². The van der Waals surface area contributed by atoms with Crippen molar-refractivity contribution in [2.24, 2.45) is 0 Å². The SMILES string of the molecule is CCOC(=O)N[C@@H](CSSC[C@H](NC(=O)OCC)C(=O)O)C(=O)O. The van der Waals surface area contributed by atoms with Gasteiger partial charge in [0.25, 0.3) is 0 Å². The Bertz CT molecular complexity index is 409. The summed E-state index contributed by atoms with van der Waals surface area (Å²) < 4.78 is 9.19. The largest absolute Gasteiger partial charge is 0.480 e. The zero-order chi connectivity index (χ0) is 18.5. The summed E-state index contributed by atoms with van der Waals surface area (Å²) in [5.41, 5.74) is 0. The molecule has 2 amide bonds. The van der Waals surface area contributed by atoms with Crippen LogP contribution in [0, 0.1) is 0 Å². The summed E-state index contributed by atoms with van der Waals surface area (Å²) >= 11 is 0. The van der Waals surface area contributed by atoms with E-state index in [1.54, 1.807) is 13.8 Å². The lowest BCUT2D eigenvalue weighted by atomic mass is 10.3. The third-order valence-electron chi connectivity index (χ3n) is 2.28. The molecule has 0 aliphatic carbocycles. The molecule has 4 N–H and O–H groups in total. The van der Waals surface area contributed by atoms with Gasteiger partial charge in [0.15, 0.2) is 0 Å². The second kappa shape index (κ2) is 12.6. The van der Waals surface area contributed by atoms with Crippen LogP contribution in [0.5, 0.6) is 0 Å². The Balaban J connectivity index is 4.28. The molecule has 24 heavy (non-hydrogen) atoms. The van der Waals surface area contributed by atoms with Gasteiger partial charge >= 0.3 is 24.1 Å². The van der Waals surface area contributed by atoms with E-state index in [9.17, 15) is 19.2 Å². The van der Waals surface area contributed by atoms with Crippen LogP contribution in [0.4, 0.5) is 9.59 Å². The molecule has 0 rings (SSSR count). The minimum Gasteiger partial charge on any atom is -0.480 e. The van der Waals surface area contributed by atoms with Crippen molar-refractivity contribution >= 4 is 45.7 Å². The third kappa shape index (κ3) is 10.0. The van der Waals surface area contributed by atoms with Crippen molar-refractivity contribution in [2.45, 2.75) is 25.9 Å². The Hall–Kier alpha value is -1.82. The molecule has 0 spiro atoms. The number of hydrogen-bond acceptors (Lipinski definition) is 8. The highest BCUT2D eigenvalue weighted by molar-refractivity contribution is 8.76. The monoisotopic (exact) mass is 384 g/mol. The molecule has 2 atom stereocenters. The maximum Gasteiger partial charge on any atom is 0.407 e. The van der Waals surface area contributed by atoms with Crippen LogP contribution in [-0.2, 0) is 19.1 Å². The summed E-state index contributed by atoms with van der Waals surface area (Å²) in [4.78, 5) is 44.5. The molecule has 0 aromatic carbocycles. The van der Waals surface area contributed by atoms with Crippen LogP contribution in [0.25, 0.3) is 0 Å². The zero-order valence-electron chi connectivity index (χ0n) is 13.1.